The maximum Gasteiger partial charge on any atom is 0.248 e. The number of nitrogens with two attached hydrogens (primary N) is 1. The average molecular weight is 339 g/mol. The zero-order valence-electron chi connectivity index (χ0n) is 13.2. The zero-order chi connectivity index (χ0) is 16.9. The van der Waals surface area contributed by atoms with E-state index in [2.05, 4.69) is 11.2 Å². The number of imidazole rings is 1. The van der Waals surface area contributed by atoms with Crippen molar-refractivity contribution in [3.05, 3.63) is 72.3 Å². The fourth-order valence-corrected chi connectivity index (χ4v) is 2.92. The molecule has 0 aliphatic heterocycles. The van der Waals surface area contributed by atoms with E-state index in [1.54, 1.807) is 48.6 Å². The molecular weight excluding hydrogens is 322 g/mol. The Bertz CT molecular complexity index is 830. The van der Waals surface area contributed by atoms with Crippen LogP contribution < -0.4 is 10.5 Å². The summed E-state index contributed by atoms with van der Waals surface area (Å²) in [5, 5.41) is 0. The minimum atomic E-state index is -0.450. The number of benzene rings is 2. The summed E-state index contributed by atoms with van der Waals surface area (Å²) in [6, 6.07) is 12.7. The van der Waals surface area contributed by atoms with Crippen LogP contribution in [-0.2, 0) is 5.75 Å². The number of nitrogens with zero attached hydrogens (tertiary/aromatic N) is 2. The lowest BCUT2D eigenvalue weighted by atomic mass is 10.2. The minimum absolute atomic E-state index is 0.450. The van der Waals surface area contributed by atoms with E-state index < -0.39 is 5.91 Å². The third-order valence-electron chi connectivity index (χ3n) is 3.51. The number of carbonyl (C=O) groups excluding carboxylic acids is 1. The first-order valence-electron chi connectivity index (χ1n) is 7.35. The van der Waals surface area contributed by atoms with Crippen molar-refractivity contribution in [1.29, 1.82) is 0 Å². The summed E-state index contributed by atoms with van der Waals surface area (Å²) in [6.07, 6.45) is 7.52. The van der Waals surface area contributed by atoms with Crippen LogP contribution in [0.3, 0.4) is 0 Å². The van der Waals surface area contributed by atoms with Crippen molar-refractivity contribution < 1.29 is 9.53 Å². The molecule has 0 atom stereocenters. The van der Waals surface area contributed by atoms with Gasteiger partial charge in [0, 0.05) is 23.7 Å². The van der Waals surface area contributed by atoms with E-state index in [0.29, 0.717) is 11.3 Å². The number of ether oxygens (including phenoxy) is 1. The van der Waals surface area contributed by atoms with Crippen LogP contribution in [0.2, 0.25) is 0 Å². The Balaban J connectivity index is 1.86. The van der Waals surface area contributed by atoms with Crippen LogP contribution in [0.5, 0.6) is 11.5 Å². The monoisotopic (exact) mass is 339 g/mol. The van der Waals surface area contributed by atoms with Gasteiger partial charge >= 0.3 is 0 Å². The molecule has 1 amide bonds. The Hall–Kier alpha value is -2.73. The Morgan fingerprint density at radius 1 is 1.21 bits per heavy atom. The van der Waals surface area contributed by atoms with Gasteiger partial charge in [-0.3, -0.25) is 4.79 Å². The standard InChI is InChI=1S/C18H17N3O2S/c1-24-11-14-10-16(6-7-17(14)21-9-8-20-12-21)23-15-4-2-13(3-5-15)18(19)22/h2-10,12H,11H2,1H3,(H2,19,22). The molecule has 0 saturated carbocycles. The molecule has 0 unspecified atom stereocenters. The Labute approximate surface area is 144 Å². The van der Waals surface area contributed by atoms with Crippen LogP contribution in [0.25, 0.3) is 5.69 Å². The summed E-state index contributed by atoms with van der Waals surface area (Å²) in [5.41, 5.74) is 7.94. The SMILES string of the molecule is CSCc1cc(Oc2ccc(C(N)=O)cc2)ccc1-n1ccnc1. The molecule has 122 valence electrons. The number of hydrogen-bond donors (Lipinski definition) is 1. The maximum absolute atomic E-state index is 11.1. The number of thioether (sulfide) groups is 1. The van der Waals surface area contributed by atoms with Crippen molar-refractivity contribution in [3.63, 3.8) is 0 Å². The predicted molar refractivity (Wildman–Crippen MR) is 95.8 cm³/mol. The predicted octanol–water partition coefficient (Wildman–Crippen LogP) is 3.63. The lowest BCUT2D eigenvalue weighted by molar-refractivity contribution is 0.100. The molecule has 24 heavy (non-hydrogen) atoms. The van der Waals surface area contributed by atoms with Gasteiger partial charge in [-0.2, -0.15) is 11.8 Å². The lowest BCUT2D eigenvalue weighted by Crippen LogP contribution is -2.10. The van der Waals surface area contributed by atoms with Crippen molar-refractivity contribution in [1.82, 2.24) is 9.55 Å². The molecule has 3 rings (SSSR count). The van der Waals surface area contributed by atoms with Gasteiger partial charge in [0.2, 0.25) is 5.91 Å². The summed E-state index contributed by atoms with van der Waals surface area (Å²) in [4.78, 5) is 15.2. The first-order valence-corrected chi connectivity index (χ1v) is 8.74. The van der Waals surface area contributed by atoms with Crippen molar-refractivity contribution in [2.75, 3.05) is 6.26 Å². The fourth-order valence-electron chi connectivity index (χ4n) is 2.37. The number of hydrogen-bond acceptors (Lipinski definition) is 4. The van der Waals surface area contributed by atoms with Gasteiger partial charge in [-0.25, -0.2) is 4.98 Å². The van der Waals surface area contributed by atoms with Crippen molar-refractivity contribution in [2.24, 2.45) is 5.73 Å². The van der Waals surface area contributed by atoms with E-state index >= 15 is 0 Å². The molecular formula is C18H17N3O2S. The first-order chi connectivity index (χ1) is 11.7. The highest BCUT2D eigenvalue weighted by atomic mass is 32.2. The molecule has 0 bridgehead atoms. The molecule has 6 heteroatoms. The van der Waals surface area contributed by atoms with Gasteiger partial charge in [0.05, 0.1) is 12.0 Å². The molecule has 2 N–H and O–H groups in total. The van der Waals surface area contributed by atoms with Crippen molar-refractivity contribution >= 4 is 17.7 Å². The Morgan fingerprint density at radius 2 is 1.96 bits per heavy atom. The molecule has 5 nitrogen and oxygen atoms in total. The summed E-state index contributed by atoms with van der Waals surface area (Å²) in [7, 11) is 0. The van der Waals surface area contributed by atoms with Crippen LogP contribution in [0.1, 0.15) is 15.9 Å². The number of amides is 1. The molecule has 1 aromatic heterocycles. The zero-order valence-corrected chi connectivity index (χ0v) is 14.0. The third kappa shape index (κ3) is 3.60. The number of rotatable bonds is 6. The summed E-state index contributed by atoms with van der Waals surface area (Å²) < 4.78 is 7.87. The second kappa shape index (κ2) is 7.23. The van der Waals surface area contributed by atoms with E-state index in [9.17, 15) is 4.79 Å². The largest absolute Gasteiger partial charge is 0.457 e. The number of carbonyl (C=O) groups is 1. The van der Waals surface area contributed by atoms with Gasteiger partial charge in [-0.15, -0.1) is 0 Å². The van der Waals surface area contributed by atoms with Crippen LogP contribution >= 0.6 is 11.8 Å². The minimum Gasteiger partial charge on any atom is -0.457 e. The van der Waals surface area contributed by atoms with E-state index in [-0.39, 0.29) is 0 Å². The molecule has 0 radical (unpaired) electrons. The quantitative estimate of drug-likeness (QED) is 0.744. The molecule has 0 fully saturated rings. The van der Waals surface area contributed by atoms with Gasteiger partial charge in [0.1, 0.15) is 11.5 Å². The fraction of sp³-hybridized carbons (Fsp3) is 0.111. The molecule has 2 aromatic carbocycles. The van der Waals surface area contributed by atoms with E-state index in [1.165, 1.54) is 0 Å². The summed E-state index contributed by atoms with van der Waals surface area (Å²) in [6.45, 7) is 0. The summed E-state index contributed by atoms with van der Waals surface area (Å²) in [5.74, 6) is 1.82. The highest BCUT2D eigenvalue weighted by Gasteiger charge is 2.08. The number of primary amides is 1. The Morgan fingerprint density at radius 3 is 2.58 bits per heavy atom. The molecule has 0 aliphatic carbocycles. The van der Waals surface area contributed by atoms with E-state index in [1.807, 2.05) is 29.0 Å². The molecule has 0 spiro atoms. The van der Waals surface area contributed by atoms with Crippen LogP contribution in [-0.4, -0.2) is 21.7 Å². The third-order valence-corrected chi connectivity index (χ3v) is 4.11. The average Bonchev–Trinajstić information content (AvgIpc) is 3.10. The smallest absolute Gasteiger partial charge is 0.248 e. The Kier molecular flexibility index (Phi) is 4.86. The van der Waals surface area contributed by atoms with Crippen molar-refractivity contribution in [2.45, 2.75) is 5.75 Å². The van der Waals surface area contributed by atoms with Crippen LogP contribution in [0, 0.1) is 0 Å². The topological polar surface area (TPSA) is 70.1 Å². The van der Waals surface area contributed by atoms with Gasteiger partial charge in [0.25, 0.3) is 0 Å². The highest BCUT2D eigenvalue weighted by molar-refractivity contribution is 7.97. The van der Waals surface area contributed by atoms with Gasteiger partial charge in [0.15, 0.2) is 0 Å². The van der Waals surface area contributed by atoms with Gasteiger partial charge < -0.3 is 15.0 Å². The lowest BCUT2D eigenvalue weighted by Gasteiger charge is -2.12. The highest BCUT2D eigenvalue weighted by Crippen LogP contribution is 2.28. The normalized spacial score (nSPS) is 10.5. The van der Waals surface area contributed by atoms with Crippen LogP contribution in [0.4, 0.5) is 0 Å². The van der Waals surface area contributed by atoms with Crippen LogP contribution in [0.15, 0.2) is 61.2 Å². The number of aromatic nitrogens is 2. The van der Waals surface area contributed by atoms with E-state index in [4.69, 9.17) is 10.5 Å². The second-order valence-electron chi connectivity index (χ2n) is 5.18. The molecule has 0 saturated heterocycles. The molecule has 0 aliphatic rings. The van der Waals surface area contributed by atoms with Gasteiger partial charge in [-0.05, 0) is 54.3 Å². The maximum atomic E-state index is 11.1. The second-order valence-corrected chi connectivity index (χ2v) is 6.05. The van der Waals surface area contributed by atoms with Crippen molar-refractivity contribution in [3.8, 4) is 17.2 Å². The molecule has 3 aromatic rings. The summed E-state index contributed by atoms with van der Waals surface area (Å²) >= 11 is 1.75. The molecule has 1 heterocycles. The van der Waals surface area contributed by atoms with E-state index in [0.717, 1.165) is 22.8 Å². The first kappa shape index (κ1) is 16.1. The van der Waals surface area contributed by atoms with Gasteiger partial charge in [-0.1, -0.05) is 0 Å².